The molecule has 2 fully saturated rings. The van der Waals surface area contributed by atoms with Crippen molar-refractivity contribution in [1.82, 2.24) is 10.2 Å². The fraction of sp³-hybridized carbons (Fsp3) is 0.600. The van der Waals surface area contributed by atoms with Crippen molar-refractivity contribution in [2.75, 3.05) is 26.2 Å². The highest BCUT2D eigenvalue weighted by atomic mass is 19.1. The molecule has 3 rings (SSSR count). The Bertz CT molecular complexity index is 571. The molecule has 0 aromatic heterocycles. The first-order valence-corrected chi connectivity index (χ1v) is 7.69. The average molecular weight is 309 g/mol. The van der Waals surface area contributed by atoms with Crippen LogP contribution in [0.4, 0.5) is 10.1 Å². The Labute approximate surface area is 128 Å². The molecule has 0 bridgehead atoms. The number of phenolic OH excluding ortho intramolecular Hbond substituents is 1. The van der Waals surface area contributed by atoms with Crippen LogP contribution in [0.15, 0.2) is 12.1 Å². The summed E-state index contributed by atoms with van der Waals surface area (Å²) in [6.07, 6.45) is 3.14. The molecule has 1 saturated heterocycles. The van der Waals surface area contributed by atoms with Crippen LogP contribution in [0.25, 0.3) is 0 Å². The van der Waals surface area contributed by atoms with E-state index in [4.69, 9.17) is 0 Å². The molecule has 6 nitrogen and oxygen atoms in total. The molecule has 1 aliphatic heterocycles. The molecule has 1 heterocycles. The summed E-state index contributed by atoms with van der Waals surface area (Å²) >= 11 is 0. The van der Waals surface area contributed by atoms with E-state index in [2.05, 4.69) is 10.2 Å². The van der Waals surface area contributed by atoms with Crippen molar-refractivity contribution in [3.8, 4) is 5.75 Å². The fourth-order valence-electron chi connectivity index (χ4n) is 3.43. The van der Waals surface area contributed by atoms with E-state index in [0.29, 0.717) is 11.5 Å². The molecule has 0 amide bonds. The zero-order valence-electron chi connectivity index (χ0n) is 12.3. The Morgan fingerprint density at radius 2 is 2.05 bits per heavy atom. The number of nitro groups is 1. The summed E-state index contributed by atoms with van der Waals surface area (Å²) in [6.45, 7) is 3.26. The van der Waals surface area contributed by atoms with Gasteiger partial charge in [0.1, 0.15) is 5.82 Å². The number of piperazine rings is 1. The molecule has 1 aliphatic carbocycles. The minimum absolute atomic E-state index is 0.148. The summed E-state index contributed by atoms with van der Waals surface area (Å²) in [7, 11) is 0. The molecule has 1 aromatic rings. The molecule has 2 N–H and O–H groups in total. The molecule has 1 aromatic carbocycles. The highest BCUT2D eigenvalue weighted by Gasteiger charge is 2.37. The number of hydrogen-bond acceptors (Lipinski definition) is 5. The second kappa shape index (κ2) is 6.18. The maximum absolute atomic E-state index is 13.8. The van der Waals surface area contributed by atoms with E-state index in [9.17, 15) is 19.6 Å². The van der Waals surface area contributed by atoms with Crippen LogP contribution in [-0.4, -0.2) is 41.1 Å². The minimum atomic E-state index is -0.725. The third kappa shape index (κ3) is 2.78. The van der Waals surface area contributed by atoms with E-state index < -0.39 is 16.4 Å². The monoisotopic (exact) mass is 309 g/mol. The number of phenols is 1. The summed E-state index contributed by atoms with van der Waals surface area (Å²) in [5, 5.41) is 24.6. The lowest BCUT2D eigenvalue weighted by Crippen LogP contribution is -2.47. The van der Waals surface area contributed by atoms with Gasteiger partial charge >= 0.3 is 5.69 Å². The molecule has 1 atom stereocenters. The fourth-order valence-corrected chi connectivity index (χ4v) is 3.43. The Balaban J connectivity index is 2.01. The van der Waals surface area contributed by atoms with E-state index >= 15 is 0 Å². The maximum atomic E-state index is 13.8. The standard InChI is InChI=1S/C15H20FN3O3/c16-11-8-12(15(20)13(9-11)19(21)22)14(10-2-1-3-10)18-6-4-17-5-7-18/h8-10,14,17,20H,1-7H2/t14-/m0/s1. The van der Waals surface area contributed by atoms with Gasteiger partial charge in [-0.25, -0.2) is 4.39 Å². The van der Waals surface area contributed by atoms with Crippen molar-refractivity contribution in [2.24, 2.45) is 5.92 Å². The zero-order chi connectivity index (χ0) is 15.7. The molecule has 2 aliphatic rings. The van der Waals surface area contributed by atoms with E-state index in [1.54, 1.807) is 0 Å². The second-order valence-electron chi connectivity index (χ2n) is 6.04. The Morgan fingerprint density at radius 3 is 2.59 bits per heavy atom. The number of nitrogens with zero attached hydrogens (tertiary/aromatic N) is 2. The van der Waals surface area contributed by atoms with Crippen LogP contribution in [0.1, 0.15) is 30.9 Å². The summed E-state index contributed by atoms with van der Waals surface area (Å²) in [5.74, 6) is -0.730. The SMILES string of the molecule is O=[N+]([O-])c1cc(F)cc([C@H](C2CCC2)N2CCNCC2)c1O. The van der Waals surface area contributed by atoms with Crippen LogP contribution in [0, 0.1) is 21.8 Å². The number of hydrogen-bond donors (Lipinski definition) is 2. The van der Waals surface area contributed by atoms with Crippen LogP contribution in [-0.2, 0) is 0 Å². The third-order valence-corrected chi connectivity index (χ3v) is 4.74. The Hall–Kier alpha value is -1.73. The average Bonchev–Trinajstić information content (AvgIpc) is 2.45. The number of halogens is 1. The highest BCUT2D eigenvalue weighted by molar-refractivity contribution is 5.52. The van der Waals surface area contributed by atoms with Gasteiger partial charge < -0.3 is 10.4 Å². The number of benzene rings is 1. The van der Waals surface area contributed by atoms with Crippen molar-refractivity contribution < 1.29 is 14.4 Å². The summed E-state index contributed by atoms with van der Waals surface area (Å²) in [5.41, 5.74) is -0.187. The lowest BCUT2D eigenvalue weighted by atomic mass is 9.76. The molecule has 22 heavy (non-hydrogen) atoms. The number of rotatable bonds is 4. The van der Waals surface area contributed by atoms with Gasteiger partial charge in [-0.2, -0.15) is 0 Å². The van der Waals surface area contributed by atoms with E-state index in [1.165, 1.54) is 6.07 Å². The van der Waals surface area contributed by atoms with Crippen molar-refractivity contribution in [2.45, 2.75) is 25.3 Å². The largest absolute Gasteiger partial charge is 0.502 e. The van der Waals surface area contributed by atoms with Gasteiger partial charge in [0.05, 0.1) is 11.0 Å². The molecule has 0 spiro atoms. The van der Waals surface area contributed by atoms with Gasteiger partial charge in [-0.3, -0.25) is 15.0 Å². The predicted octanol–water partition coefficient (Wildman–Crippen LogP) is 2.19. The molecule has 0 unspecified atom stereocenters. The summed E-state index contributed by atoms with van der Waals surface area (Å²) < 4.78 is 13.8. The van der Waals surface area contributed by atoms with E-state index in [0.717, 1.165) is 51.5 Å². The van der Waals surface area contributed by atoms with E-state index in [1.807, 2.05) is 0 Å². The summed E-state index contributed by atoms with van der Waals surface area (Å²) in [6, 6.07) is 1.90. The van der Waals surface area contributed by atoms with Gasteiger partial charge in [0.15, 0.2) is 5.75 Å². The van der Waals surface area contributed by atoms with Gasteiger partial charge in [-0.15, -0.1) is 0 Å². The number of nitro benzene ring substituents is 1. The lowest BCUT2D eigenvalue weighted by Gasteiger charge is -2.43. The first kappa shape index (κ1) is 15.2. The van der Waals surface area contributed by atoms with Gasteiger partial charge in [0, 0.05) is 37.8 Å². The predicted molar refractivity (Wildman–Crippen MR) is 79.2 cm³/mol. The summed E-state index contributed by atoms with van der Waals surface area (Å²) in [4.78, 5) is 12.5. The quantitative estimate of drug-likeness (QED) is 0.658. The van der Waals surface area contributed by atoms with E-state index in [-0.39, 0.29) is 11.8 Å². The van der Waals surface area contributed by atoms with Gasteiger partial charge in [-0.1, -0.05) is 6.42 Å². The zero-order valence-corrected chi connectivity index (χ0v) is 12.3. The molecule has 1 saturated carbocycles. The van der Waals surface area contributed by atoms with Crippen molar-refractivity contribution in [3.63, 3.8) is 0 Å². The van der Waals surface area contributed by atoms with Crippen LogP contribution in [0.3, 0.4) is 0 Å². The molecule has 7 heteroatoms. The van der Waals surface area contributed by atoms with Crippen molar-refractivity contribution in [3.05, 3.63) is 33.6 Å². The van der Waals surface area contributed by atoms with Crippen LogP contribution in [0.5, 0.6) is 5.75 Å². The normalized spacial score (nSPS) is 21.3. The minimum Gasteiger partial charge on any atom is -0.502 e. The van der Waals surface area contributed by atoms with Crippen LogP contribution >= 0.6 is 0 Å². The molecular weight excluding hydrogens is 289 g/mol. The number of nitrogens with one attached hydrogen (secondary N) is 1. The van der Waals surface area contributed by atoms with Gasteiger partial charge in [-0.05, 0) is 24.8 Å². The lowest BCUT2D eigenvalue weighted by molar-refractivity contribution is -0.386. The first-order chi connectivity index (χ1) is 10.6. The van der Waals surface area contributed by atoms with Gasteiger partial charge in [0.25, 0.3) is 0 Å². The van der Waals surface area contributed by atoms with Crippen molar-refractivity contribution >= 4 is 5.69 Å². The molecular formula is C15H20FN3O3. The van der Waals surface area contributed by atoms with Crippen LogP contribution in [0.2, 0.25) is 0 Å². The molecule has 120 valence electrons. The Morgan fingerprint density at radius 1 is 1.36 bits per heavy atom. The third-order valence-electron chi connectivity index (χ3n) is 4.74. The maximum Gasteiger partial charge on any atom is 0.313 e. The van der Waals surface area contributed by atoms with Crippen molar-refractivity contribution in [1.29, 1.82) is 0 Å². The van der Waals surface area contributed by atoms with Gasteiger partial charge in [0.2, 0.25) is 0 Å². The highest BCUT2D eigenvalue weighted by Crippen LogP contribution is 2.46. The van der Waals surface area contributed by atoms with Crippen LogP contribution < -0.4 is 5.32 Å². The topological polar surface area (TPSA) is 78.6 Å². The number of aromatic hydroxyl groups is 1. The Kier molecular flexibility index (Phi) is 4.26. The molecule has 0 radical (unpaired) electrons. The second-order valence-corrected chi connectivity index (χ2v) is 6.04. The first-order valence-electron chi connectivity index (χ1n) is 7.69. The smallest absolute Gasteiger partial charge is 0.313 e.